The molecule has 0 aliphatic heterocycles. The summed E-state index contributed by atoms with van der Waals surface area (Å²) in [5.41, 5.74) is 0. The molecule has 0 spiro atoms. The lowest BCUT2D eigenvalue weighted by Gasteiger charge is -2.34. The van der Waals surface area contributed by atoms with Gasteiger partial charge in [-0.1, -0.05) is 0 Å². The third-order valence-corrected chi connectivity index (χ3v) is 4.22. The summed E-state index contributed by atoms with van der Waals surface area (Å²) in [4.78, 5) is 25.9. The molecule has 0 saturated heterocycles. The molecule has 1 atom stereocenters. The number of carbonyl (C=O) groups is 2. The van der Waals surface area contributed by atoms with Gasteiger partial charge in [0.25, 0.3) is 0 Å². The lowest BCUT2D eigenvalue weighted by atomic mass is 9.73. The molecule has 9 heteroatoms. The number of nitrogens with zero attached hydrogens (tertiary/aromatic N) is 1. The molecule has 1 amide bonds. The van der Waals surface area contributed by atoms with Crippen molar-refractivity contribution in [2.75, 3.05) is 0 Å². The SMILES string of the molecule is O=C(O)CC1CC(C(=O)NC(c2nccs2)C(F)(F)F)C1. The topological polar surface area (TPSA) is 79.3 Å². The van der Waals surface area contributed by atoms with Gasteiger partial charge in [-0.15, -0.1) is 11.3 Å². The van der Waals surface area contributed by atoms with E-state index in [1.165, 1.54) is 11.6 Å². The van der Waals surface area contributed by atoms with Crippen LogP contribution in [0.15, 0.2) is 11.6 Å². The third kappa shape index (κ3) is 3.93. The number of halogens is 3. The second-order valence-electron chi connectivity index (χ2n) is 4.99. The molecule has 1 aliphatic carbocycles. The molecule has 1 saturated carbocycles. The monoisotopic (exact) mass is 322 g/mol. The van der Waals surface area contributed by atoms with Gasteiger partial charge in [-0.25, -0.2) is 4.98 Å². The van der Waals surface area contributed by atoms with Gasteiger partial charge in [0, 0.05) is 23.9 Å². The van der Waals surface area contributed by atoms with E-state index in [-0.39, 0.29) is 17.3 Å². The first-order valence-electron chi connectivity index (χ1n) is 6.25. The molecule has 2 rings (SSSR count). The number of hydrogen-bond acceptors (Lipinski definition) is 4. The van der Waals surface area contributed by atoms with Crippen LogP contribution in [0.25, 0.3) is 0 Å². The minimum absolute atomic E-state index is 0.0566. The van der Waals surface area contributed by atoms with Crippen LogP contribution in [0.5, 0.6) is 0 Å². The quantitative estimate of drug-likeness (QED) is 0.872. The highest BCUT2D eigenvalue weighted by Gasteiger charge is 2.45. The molecule has 1 aliphatic rings. The summed E-state index contributed by atoms with van der Waals surface area (Å²) in [6.07, 6.45) is -2.81. The van der Waals surface area contributed by atoms with Gasteiger partial charge < -0.3 is 10.4 Å². The number of carboxylic acid groups (broad SMARTS) is 1. The lowest BCUT2D eigenvalue weighted by molar-refractivity contribution is -0.166. The average Bonchev–Trinajstić information content (AvgIpc) is 2.81. The van der Waals surface area contributed by atoms with E-state index in [0.717, 1.165) is 11.3 Å². The van der Waals surface area contributed by atoms with Crippen LogP contribution in [0.3, 0.4) is 0 Å². The predicted octanol–water partition coefficient (Wildman–Crippen LogP) is 2.36. The fourth-order valence-electron chi connectivity index (χ4n) is 2.28. The summed E-state index contributed by atoms with van der Waals surface area (Å²) in [7, 11) is 0. The third-order valence-electron chi connectivity index (χ3n) is 3.38. The van der Waals surface area contributed by atoms with E-state index in [4.69, 9.17) is 5.11 Å². The Balaban J connectivity index is 1.93. The summed E-state index contributed by atoms with van der Waals surface area (Å²) >= 11 is 0.823. The number of carboxylic acids is 1. The summed E-state index contributed by atoms with van der Waals surface area (Å²) < 4.78 is 38.9. The number of thiazole rings is 1. The van der Waals surface area contributed by atoms with E-state index in [2.05, 4.69) is 4.98 Å². The van der Waals surface area contributed by atoms with Crippen LogP contribution < -0.4 is 5.32 Å². The standard InChI is InChI=1S/C12H13F3N2O3S/c13-12(14,15)9(11-16-1-2-21-11)17-10(20)7-3-6(4-7)5-8(18)19/h1-2,6-7,9H,3-5H2,(H,17,20)(H,18,19). The Hall–Kier alpha value is -1.64. The Bertz CT molecular complexity index is 512. The van der Waals surface area contributed by atoms with Crippen LogP contribution in [-0.2, 0) is 9.59 Å². The lowest BCUT2D eigenvalue weighted by Crippen LogP contribution is -2.44. The number of aromatic nitrogens is 1. The molecule has 1 aromatic heterocycles. The van der Waals surface area contributed by atoms with E-state index in [1.54, 1.807) is 0 Å². The minimum Gasteiger partial charge on any atom is -0.481 e. The number of alkyl halides is 3. The van der Waals surface area contributed by atoms with Gasteiger partial charge >= 0.3 is 12.1 Å². The minimum atomic E-state index is -4.61. The van der Waals surface area contributed by atoms with E-state index in [9.17, 15) is 22.8 Å². The zero-order valence-electron chi connectivity index (χ0n) is 10.8. The number of amides is 1. The first kappa shape index (κ1) is 15.7. The zero-order valence-corrected chi connectivity index (χ0v) is 11.6. The second kappa shape index (κ2) is 6.00. The summed E-state index contributed by atoms with van der Waals surface area (Å²) in [6, 6.07) is -2.11. The van der Waals surface area contributed by atoms with E-state index < -0.39 is 30.0 Å². The average molecular weight is 322 g/mol. The van der Waals surface area contributed by atoms with Crippen molar-refractivity contribution in [3.63, 3.8) is 0 Å². The number of carbonyl (C=O) groups excluding carboxylic acids is 1. The van der Waals surface area contributed by atoms with Crippen molar-refractivity contribution < 1.29 is 27.9 Å². The molecule has 0 bridgehead atoms. The highest BCUT2D eigenvalue weighted by Crippen LogP contribution is 2.38. The van der Waals surface area contributed by atoms with Crippen molar-refractivity contribution >= 4 is 23.2 Å². The van der Waals surface area contributed by atoms with Crippen LogP contribution in [0, 0.1) is 11.8 Å². The van der Waals surface area contributed by atoms with Crippen molar-refractivity contribution in [2.24, 2.45) is 11.8 Å². The molecular weight excluding hydrogens is 309 g/mol. The highest BCUT2D eigenvalue weighted by molar-refractivity contribution is 7.09. The number of aliphatic carboxylic acids is 1. The summed E-state index contributed by atoms with van der Waals surface area (Å²) in [5, 5.41) is 11.8. The van der Waals surface area contributed by atoms with Gasteiger partial charge in [0.2, 0.25) is 5.91 Å². The normalized spacial score (nSPS) is 23.2. The van der Waals surface area contributed by atoms with Gasteiger partial charge in [-0.3, -0.25) is 9.59 Å². The highest BCUT2D eigenvalue weighted by atomic mass is 32.1. The fourth-order valence-corrected chi connectivity index (χ4v) is 3.00. The smallest absolute Gasteiger partial charge is 0.415 e. The Morgan fingerprint density at radius 3 is 2.62 bits per heavy atom. The van der Waals surface area contributed by atoms with Crippen molar-refractivity contribution in [3.8, 4) is 0 Å². The van der Waals surface area contributed by atoms with Crippen LogP contribution in [0.2, 0.25) is 0 Å². The van der Waals surface area contributed by atoms with Gasteiger partial charge in [0.15, 0.2) is 6.04 Å². The number of rotatable bonds is 5. The Morgan fingerprint density at radius 2 is 2.14 bits per heavy atom. The van der Waals surface area contributed by atoms with Gasteiger partial charge in [-0.2, -0.15) is 13.2 Å². The predicted molar refractivity (Wildman–Crippen MR) is 67.5 cm³/mol. The van der Waals surface area contributed by atoms with Gasteiger partial charge in [0.05, 0.1) is 0 Å². The van der Waals surface area contributed by atoms with Crippen molar-refractivity contribution in [2.45, 2.75) is 31.5 Å². The maximum Gasteiger partial charge on any atom is 0.415 e. The van der Waals surface area contributed by atoms with Crippen LogP contribution in [0.4, 0.5) is 13.2 Å². The summed E-state index contributed by atoms with van der Waals surface area (Å²) in [5.74, 6) is -2.36. The maximum atomic E-state index is 13.0. The van der Waals surface area contributed by atoms with Crippen LogP contribution >= 0.6 is 11.3 Å². The van der Waals surface area contributed by atoms with E-state index >= 15 is 0 Å². The zero-order chi connectivity index (χ0) is 15.6. The van der Waals surface area contributed by atoms with Crippen molar-refractivity contribution in [3.05, 3.63) is 16.6 Å². The molecule has 1 fully saturated rings. The molecule has 116 valence electrons. The van der Waals surface area contributed by atoms with E-state index in [0.29, 0.717) is 12.8 Å². The molecule has 0 aromatic carbocycles. The fraction of sp³-hybridized carbons (Fsp3) is 0.583. The Morgan fingerprint density at radius 1 is 1.48 bits per heavy atom. The molecule has 2 N–H and O–H groups in total. The Labute approximate surface area is 122 Å². The number of nitrogens with one attached hydrogen (secondary N) is 1. The molecule has 1 aromatic rings. The Kier molecular flexibility index (Phi) is 4.50. The number of hydrogen-bond donors (Lipinski definition) is 2. The maximum absolute atomic E-state index is 13.0. The largest absolute Gasteiger partial charge is 0.481 e. The summed E-state index contributed by atoms with van der Waals surface area (Å²) in [6.45, 7) is 0. The van der Waals surface area contributed by atoms with Crippen LogP contribution in [-0.4, -0.2) is 28.1 Å². The molecule has 1 unspecified atom stereocenters. The van der Waals surface area contributed by atoms with Gasteiger partial charge in [-0.05, 0) is 18.8 Å². The van der Waals surface area contributed by atoms with E-state index in [1.807, 2.05) is 5.32 Å². The molecule has 5 nitrogen and oxygen atoms in total. The molecule has 21 heavy (non-hydrogen) atoms. The van der Waals surface area contributed by atoms with Gasteiger partial charge in [0.1, 0.15) is 5.01 Å². The van der Waals surface area contributed by atoms with Crippen LogP contribution in [0.1, 0.15) is 30.3 Å². The van der Waals surface area contributed by atoms with Crippen molar-refractivity contribution in [1.29, 1.82) is 0 Å². The molecule has 0 radical (unpaired) electrons. The van der Waals surface area contributed by atoms with Crippen molar-refractivity contribution in [1.82, 2.24) is 10.3 Å². The first-order chi connectivity index (χ1) is 9.77. The first-order valence-corrected chi connectivity index (χ1v) is 7.13. The second-order valence-corrected chi connectivity index (χ2v) is 5.91. The molecular formula is C12H13F3N2O3S. The molecule has 1 heterocycles.